The summed E-state index contributed by atoms with van der Waals surface area (Å²) >= 11 is 0. The minimum absolute atomic E-state index is 0.407. The molecule has 0 spiro atoms. The molecule has 0 aromatic heterocycles. The number of carboxylic acid groups (broad SMARTS) is 1. The van der Waals surface area contributed by atoms with Gasteiger partial charge in [0, 0.05) is 5.69 Å². The van der Waals surface area contributed by atoms with Crippen molar-refractivity contribution in [2.75, 3.05) is 5.32 Å². The lowest BCUT2D eigenvalue weighted by atomic mass is 10.2. The van der Waals surface area contributed by atoms with Gasteiger partial charge in [0.25, 0.3) is 5.91 Å². The van der Waals surface area contributed by atoms with Gasteiger partial charge in [-0.25, -0.2) is 4.79 Å². The van der Waals surface area contributed by atoms with Crippen molar-refractivity contribution >= 4 is 17.6 Å². The van der Waals surface area contributed by atoms with Crippen LogP contribution in [0.15, 0.2) is 30.3 Å². The van der Waals surface area contributed by atoms with Crippen LogP contribution in [-0.2, 0) is 9.59 Å². The number of benzene rings is 1. The largest absolute Gasteiger partial charge is 0.479 e. The number of nitrogens with one attached hydrogen (secondary N) is 1. The topological polar surface area (TPSA) is 107 Å². The SMILES string of the molecule is O=C(O)C(O)C(O)C(=O)Nc1ccccc1. The predicted molar refractivity (Wildman–Crippen MR) is 54.7 cm³/mol. The molecule has 4 N–H and O–H groups in total. The van der Waals surface area contributed by atoms with E-state index in [1.54, 1.807) is 30.3 Å². The summed E-state index contributed by atoms with van der Waals surface area (Å²) in [6, 6.07) is 8.19. The van der Waals surface area contributed by atoms with E-state index < -0.39 is 24.1 Å². The van der Waals surface area contributed by atoms with Gasteiger partial charge in [-0.3, -0.25) is 4.79 Å². The van der Waals surface area contributed by atoms with Crippen molar-refractivity contribution in [2.45, 2.75) is 12.2 Å². The monoisotopic (exact) mass is 225 g/mol. The highest BCUT2D eigenvalue weighted by atomic mass is 16.4. The van der Waals surface area contributed by atoms with E-state index in [1.807, 2.05) is 0 Å². The van der Waals surface area contributed by atoms with E-state index in [2.05, 4.69) is 5.32 Å². The first kappa shape index (κ1) is 12.2. The van der Waals surface area contributed by atoms with Crippen LogP contribution in [0.25, 0.3) is 0 Å². The van der Waals surface area contributed by atoms with Crippen LogP contribution >= 0.6 is 0 Å². The normalized spacial score (nSPS) is 13.9. The molecule has 0 aliphatic carbocycles. The number of rotatable bonds is 4. The zero-order valence-corrected chi connectivity index (χ0v) is 8.20. The van der Waals surface area contributed by atoms with Gasteiger partial charge in [0.15, 0.2) is 12.2 Å². The van der Waals surface area contributed by atoms with Crippen LogP contribution in [0.3, 0.4) is 0 Å². The molecule has 0 bridgehead atoms. The third-order valence-electron chi connectivity index (χ3n) is 1.86. The zero-order chi connectivity index (χ0) is 12.1. The minimum atomic E-state index is -2.14. The smallest absolute Gasteiger partial charge is 0.335 e. The maximum absolute atomic E-state index is 11.3. The van der Waals surface area contributed by atoms with Gasteiger partial charge >= 0.3 is 5.97 Å². The Morgan fingerprint density at radius 1 is 1.06 bits per heavy atom. The molecule has 1 aromatic rings. The predicted octanol–water partition coefficient (Wildman–Crippen LogP) is -0.569. The maximum atomic E-state index is 11.3. The highest BCUT2D eigenvalue weighted by molar-refractivity contribution is 5.97. The quantitative estimate of drug-likeness (QED) is 0.549. The van der Waals surface area contributed by atoms with Crippen LogP contribution in [0.4, 0.5) is 5.69 Å². The van der Waals surface area contributed by atoms with Gasteiger partial charge < -0.3 is 20.6 Å². The fraction of sp³-hybridized carbons (Fsp3) is 0.200. The van der Waals surface area contributed by atoms with Crippen LogP contribution in [0.1, 0.15) is 0 Å². The highest BCUT2D eigenvalue weighted by Gasteiger charge is 2.29. The van der Waals surface area contributed by atoms with Crippen molar-refractivity contribution in [3.8, 4) is 0 Å². The first-order valence-corrected chi connectivity index (χ1v) is 4.47. The maximum Gasteiger partial charge on any atom is 0.335 e. The number of hydrogen-bond acceptors (Lipinski definition) is 4. The number of aliphatic hydroxyl groups is 2. The number of carbonyl (C=O) groups is 2. The summed E-state index contributed by atoms with van der Waals surface area (Å²) in [5, 5.41) is 28.8. The van der Waals surface area contributed by atoms with E-state index in [-0.39, 0.29) is 0 Å². The Balaban J connectivity index is 2.63. The lowest BCUT2D eigenvalue weighted by Gasteiger charge is -2.13. The number of para-hydroxylation sites is 1. The van der Waals surface area contributed by atoms with E-state index in [0.717, 1.165) is 0 Å². The molecule has 1 rings (SSSR count). The number of aliphatic hydroxyl groups excluding tert-OH is 2. The van der Waals surface area contributed by atoms with Crippen molar-refractivity contribution in [2.24, 2.45) is 0 Å². The standard InChI is InChI=1S/C10H11NO5/c12-7(8(13)10(15)16)9(14)11-6-4-2-1-3-5-6/h1-5,7-8,12-13H,(H,11,14)(H,15,16). The molecule has 2 atom stereocenters. The van der Waals surface area contributed by atoms with Crippen LogP contribution in [0.5, 0.6) is 0 Å². The van der Waals surface area contributed by atoms with E-state index in [1.165, 1.54) is 0 Å². The molecule has 0 aliphatic heterocycles. The molecule has 0 saturated heterocycles. The highest BCUT2D eigenvalue weighted by Crippen LogP contribution is 2.06. The Kier molecular flexibility index (Phi) is 3.98. The third-order valence-corrected chi connectivity index (χ3v) is 1.86. The number of carboxylic acids is 1. The summed E-state index contributed by atoms with van der Waals surface area (Å²) in [5.41, 5.74) is 0.407. The molecule has 0 saturated carbocycles. The van der Waals surface area contributed by atoms with Gasteiger partial charge in [-0.1, -0.05) is 18.2 Å². The molecule has 0 aliphatic rings. The van der Waals surface area contributed by atoms with E-state index >= 15 is 0 Å². The summed E-state index contributed by atoms with van der Waals surface area (Å²) in [7, 11) is 0. The molecular formula is C10H11NO5. The van der Waals surface area contributed by atoms with Crippen molar-refractivity contribution in [3.05, 3.63) is 30.3 Å². The summed E-state index contributed by atoms with van der Waals surface area (Å²) in [5.74, 6) is -2.63. The molecule has 1 amide bonds. The molecule has 2 unspecified atom stereocenters. The molecule has 0 radical (unpaired) electrons. The fourth-order valence-electron chi connectivity index (χ4n) is 1.02. The van der Waals surface area contributed by atoms with Crippen LogP contribution < -0.4 is 5.32 Å². The molecular weight excluding hydrogens is 214 g/mol. The van der Waals surface area contributed by atoms with E-state index in [9.17, 15) is 14.7 Å². The number of carbonyl (C=O) groups excluding carboxylic acids is 1. The zero-order valence-electron chi connectivity index (χ0n) is 8.20. The molecule has 86 valence electrons. The molecule has 6 nitrogen and oxygen atoms in total. The summed E-state index contributed by atoms with van der Waals surface area (Å²) in [6.07, 6.45) is -4.14. The van der Waals surface area contributed by atoms with Gasteiger partial charge in [0.1, 0.15) is 0 Å². The number of aliphatic carboxylic acids is 1. The van der Waals surface area contributed by atoms with Gasteiger partial charge in [0.05, 0.1) is 0 Å². The number of anilines is 1. The lowest BCUT2D eigenvalue weighted by molar-refractivity contribution is -0.156. The Hall–Kier alpha value is -1.92. The van der Waals surface area contributed by atoms with Gasteiger partial charge in [-0.15, -0.1) is 0 Å². The van der Waals surface area contributed by atoms with Crippen LogP contribution in [0, 0.1) is 0 Å². The number of hydrogen-bond donors (Lipinski definition) is 4. The van der Waals surface area contributed by atoms with Crippen molar-refractivity contribution in [1.82, 2.24) is 0 Å². The van der Waals surface area contributed by atoms with E-state index in [4.69, 9.17) is 10.2 Å². The first-order valence-electron chi connectivity index (χ1n) is 4.47. The Morgan fingerprint density at radius 2 is 1.62 bits per heavy atom. The first-order chi connectivity index (χ1) is 7.52. The molecule has 16 heavy (non-hydrogen) atoms. The molecule has 1 aromatic carbocycles. The second-order valence-corrected chi connectivity index (χ2v) is 3.08. The summed E-state index contributed by atoms with van der Waals surface area (Å²) in [6.45, 7) is 0. The second kappa shape index (κ2) is 5.24. The second-order valence-electron chi connectivity index (χ2n) is 3.08. The third kappa shape index (κ3) is 3.04. The van der Waals surface area contributed by atoms with Crippen LogP contribution in [0.2, 0.25) is 0 Å². The molecule has 0 heterocycles. The Bertz CT molecular complexity index is 378. The van der Waals surface area contributed by atoms with Crippen molar-refractivity contribution < 1.29 is 24.9 Å². The van der Waals surface area contributed by atoms with Crippen molar-refractivity contribution in [3.63, 3.8) is 0 Å². The Morgan fingerprint density at radius 3 is 2.12 bits per heavy atom. The average Bonchev–Trinajstić information content (AvgIpc) is 2.28. The summed E-state index contributed by atoms with van der Waals surface area (Å²) < 4.78 is 0. The van der Waals surface area contributed by atoms with Crippen LogP contribution in [-0.4, -0.2) is 39.4 Å². The van der Waals surface area contributed by atoms with Gasteiger partial charge in [-0.2, -0.15) is 0 Å². The fourth-order valence-corrected chi connectivity index (χ4v) is 1.02. The average molecular weight is 225 g/mol. The van der Waals surface area contributed by atoms with Gasteiger partial charge in [-0.05, 0) is 12.1 Å². The lowest BCUT2D eigenvalue weighted by Crippen LogP contribution is -2.42. The van der Waals surface area contributed by atoms with Gasteiger partial charge in [0.2, 0.25) is 0 Å². The number of amides is 1. The Labute approximate surface area is 91.1 Å². The minimum Gasteiger partial charge on any atom is -0.479 e. The van der Waals surface area contributed by atoms with E-state index in [0.29, 0.717) is 5.69 Å². The van der Waals surface area contributed by atoms with Crippen molar-refractivity contribution in [1.29, 1.82) is 0 Å². The molecule has 6 heteroatoms. The summed E-state index contributed by atoms with van der Waals surface area (Å²) in [4.78, 5) is 21.6. The molecule has 0 fully saturated rings.